The van der Waals surface area contributed by atoms with Gasteiger partial charge in [0.15, 0.2) is 0 Å². The predicted molar refractivity (Wildman–Crippen MR) is 69.9 cm³/mol. The first-order chi connectivity index (χ1) is 7.78. The van der Waals surface area contributed by atoms with E-state index >= 15 is 0 Å². The van der Waals surface area contributed by atoms with Crippen LogP contribution in [-0.4, -0.2) is 23.3 Å². The third-order valence-corrected chi connectivity index (χ3v) is 2.57. The monoisotopic (exact) mass is 321 g/mol. The van der Waals surface area contributed by atoms with E-state index in [0.29, 0.717) is 10.8 Å². The van der Waals surface area contributed by atoms with Crippen LogP contribution in [0.3, 0.4) is 0 Å². The average Bonchev–Trinajstić information content (AvgIpc) is 2.12. The highest BCUT2D eigenvalue weighted by Gasteiger charge is 2.21. The maximum atomic E-state index is 10.4. The molecule has 0 fully saturated rings. The highest BCUT2D eigenvalue weighted by molar-refractivity contribution is 9.10. The van der Waals surface area contributed by atoms with E-state index in [-0.39, 0.29) is 6.54 Å². The quantitative estimate of drug-likeness (QED) is 0.891. The summed E-state index contributed by atoms with van der Waals surface area (Å²) < 4.78 is 6.48. The molecule has 4 nitrogen and oxygen atoms in total. The van der Waals surface area contributed by atoms with Gasteiger partial charge in [-0.3, -0.25) is 0 Å². The number of benzene rings is 1. The molecule has 0 heterocycles. The smallest absolute Gasteiger partial charge is 0.404 e. The van der Waals surface area contributed by atoms with E-state index in [9.17, 15) is 4.79 Å². The van der Waals surface area contributed by atoms with Crippen molar-refractivity contribution in [2.45, 2.75) is 19.4 Å². The summed E-state index contributed by atoms with van der Waals surface area (Å²) >= 11 is 9.20. The topological polar surface area (TPSA) is 58.6 Å². The van der Waals surface area contributed by atoms with Gasteiger partial charge in [-0.1, -0.05) is 27.5 Å². The van der Waals surface area contributed by atoms with Gasteiger partial charge in [0.1, 0.15) is 11.4 Å². The molecule has 1 amide bonds. The number of carbonyl (C=O) groups is 1. The van der Waals surface area contributed by atoms with Crippen molar-refractivity contribution >= 4 is 33.6 Å². The zero-order valence-electron chi connectivity index (χ0n) is 9.46. The van der Waals surface area contributed by atoms with Crippen LogP contribution in [0.5, 0.6) is 5.75 Å². The Kier molecular flexibility index (Phi) is 4.65. The summed E-state index contributed by atoms with van der Waals surface area (Å²) in [5.74, 6) is 0.585. The van der Waals surface area contributed by atoms with Crippen molar-refractivity contribution in [3.8, 4) is 5.75 Å². The molecule has 0 aliphatic heterocycles. The number of hydrogen-bond acceptors (Lipinski definition) is 2. The second kappa shape index (κ2) is 5.60. The molecule has 0 saturated heterocycles. The zero-order chi connectivity index (χ0) is 13.1. The van der Waals surface area contributed by atoms with Gasteiger partial charge in [-0.25, -0.2) is 4.79 Å². The van der Waals surface area contributed by atoms with Crippen molar-refractivity contribution in [2.75, 3.05) is 6.54 Å². The minimum Gasteiger partial charge on any atom is -0.486 e. The van der Waals surface area contributed by atoms with E-state index in [2.05, 4.69) is 21.2 Å². The fourth-order valence-electron chi connectivity index (χ4n) is 1.23. The lowest BCUT2D eigenvalue weighted by molar-refractivity contribution is 0.105. The first-order valence-corrected chi connectivity index (χ1v) is 6.07. The van der Waals surface area contributed by atoms with Crippen LogP contribution in [0.1, 0.15) is 13.8 Å². The number of rotatable bonds is 4. The van der Waals surface area contributed by atoms with Crippen LogP contribution in [0.2, 0.25) is 5.02 Å². The molecule has 0 bridgehead atoms. The minimum atomic E-state index is -1.08. The molecule has 0 aliphatic rings. The van der Waals surface area contributed by atoms with Gasteiger partial charge in [0.05, 0.1) is 6.54 Å². The Morgan fingerprint density at radius 1 is 1.53 bits per heavy atom. The molecule has 0 aromatic heterocycles. The Hall–Kier alpha value is -0.940. The molecular formula is C11H13BrClNO3. The zero-order valence-corrected chi connectivity index (χ0v) is 11.8. The van der Waals surface area contributed by atoms with Crippen LogP contribution in [-0.2, 0) is 0 Å². The van der Waals surface area contributed by atoms with Crippen molar-refractivity contribution in [3.63, 3.8) is 0 Å². The Morgan fingerprint density at radius 3 is 2.71 bits per heavy atom. The van der Waals surface area contributed by atoms with Crippen molar-refractivity contribution in [1.82, 2.24) is 5.32 Å². The Balaban J connectivity index is 2.71. The van der Waals surface area contributed by atoms with Gasteiger partial charge >= 0.3 is 6.09 Å². The van der Waals surface area contributed by atoms with Gasteiger partial charge in [0, 0.05) is 9.50 Å². The fourth-order valence-corrected chi connectivity index (χ4v) is 2.06. The van der Waals surface area contributed by atoms with E-state index in [4.69, 9.17) is 21.4 Å². The molecule has 0 unspecified atom stereocenters. The Morgan fingerprint density at radius 2 is 2.18 bits per heavy atom. The van der Waals surface area contributed by atoms with E-state index in [0.717, 1.165) is 4.47 Å². The van der Waals surface area contributed by atoms with Gasteiger partial charge in [-0.05, 0) is 32.0 Å². The van der Waals surface area contributed by atoms with Crippen LogP contribution >= 0.6 is 27.5 Å². The number of ether oxygens (including phenoxy) is 1. The molecule has 6 heteroatoms. The van der Waals surface area contributed by atoms with E-state index in [1.54, 1.807) is 32.0 Å². The summed E-state index contributed by atoms with van der Waals surface area (Å²) in [4.78, 5) is 10.4. The van der Waals surface area contributed by atoms with E-state index < -0.39 is 11.7 Å². The van der Waals surface area contributed by atoms with Gasteiger partial charge < -0.3 is 15.2 Å². The third kappa shape index (κ3) is 5.28. The molecule has 1 rings (SSSR count). The summed E-state index contributed by atoms with van der Waals surface area (Å²) in [5.41, 5.74) is -0.650. The molecule has 0 saturated carbocycles. The maximum absolute atomic E-state index is 10.4. The normalized spacial score (nSPS) is 11.1. The molecule has 0 aliphatic carbocycles. The highest BCUT2D eigenvalue weighted by Crippen LogP contribution is 2.27. The van der Waals surface area contributed by atoms with Crippen LogP contribution in [0.25, 0.3) is 0 Å². The van der Waals surface area contributed by atoms with Crippen LogP contribution < -0.4 is 10.1 Å². The maximum Gasteiger partial charge on any atom is 0.404 e. The second-order valence-corrected chi connectivity index (χ2v) is 5.48. The Labute approximate surface area is 113 Å². The fraction of sp³-hybridized carbons (Fsp3) is 0.364. The standard InChI is InChI=1S/C11H13BrClNO3/c1-11(2,6-14-10(15)16)17-9-4-7(12)3-8(13)5-9/h3-5,14H,6H2,1-2H3,(H,15,16). The molecule has 0 radical (unpaired) electrons. The molecule has 0 atom stereocenters. The first-order valence-electron chi connectivity index (χ1n) is 4.90. The largest absolute Gasteiger partial charge is 0.486 e. The molecule has 0 spiro atoms. The summed E-state index contributed by atoms with van der Waals surface area (Å²) in [6.45, 7) is 3.77. The number of nitrogens with one attached hydrogen (secondary N) is 1. The lowest BCUT2D eigenvalue weighted by Gasteiger charge is -2.26. The van der Waals surface area contributed by atoms with Crippen LogP contribution in [0.15, 0.2) is 22.7 Å². The SMILES string of the molecule is CC(C)(CNC(=O)O)Oc1cc(Cl)cc(Br)c1. The van der Waals surface area contributed by atoms with Crippen molar-refractivity contribution in [2.24, 2.45) is 0 Å². The lowest BCUT2D eigenvalue weighted by atomic mass is 10.1. The lowest BCUT2D eigenvalue weighted by Crippen LogP contribution is -2.42. The second-order valence-electron chi connectivity index (χ2n) is 4.13. The first kappa shape index (κ1) is 14.1. The summed E-state index contributed by atoms with van der Waals surface area (Å²) in [5, 5.41) is 11.4. The van der Waals surface area contributed by atoms with E-state index in [1.165, 1.54) is 0 Å². The van der Waals surface area contributed by atoms with Crippen molar-refractivity contribution < 1.29 is 14.6 Å². The average molecular weight is 323 g/mol. The molecule has 1 aromatic carbocycles. The molecule has 17 heavy (non-hydrogen) atoms. The summed E-state index contributed by atoms with van der Waals surface area (Å²) in [7, 11) is 0. The Bertz CT molecular complexity index is 403. The summed E-state index contributed by atoms with van der Waals surface area (Å²) in [6.07, 6.45) is -1.08. The van der Waals surface area contributed by atoms with Gasteiger partial charge in [-0.2, -0.15) is 0 Å². The highest BCUT2D eigenvalue weighted by atomic mass is 79.9. The number of halogens is 2. The van der Waals surface area contributed by atoms with E-state index in [1.807, 2.05) is 0 Å². The van der Waals surface area contributed by atoms with Crippen LogP contribution in [0, 0.1) is 0 Å². The number of hydrogen-bond donors (Lipinski definition) is 2. The minimum absolute atomic E-state index is 0.187. The number of amides is 1. The van der Waals surface area contributed by atoms with Gasteiger partial charge in [-0.15, -0.1) is 0 Å². The van der Waals surface area contributed by atoms with Crippen LogP contribution in [0.4, 0.5) is 4.79 Å². The van der Waals surface area contributed by atoms with Gasteiger partial charge in [0.2, 0.25) is 0 Å². The third-order valence-electron chi connectivity index (χ3n) is 1.90. The van der Waals surface area contributed by atoms with Gasteiger partial charge in [0.25, 0.3) is 0 Å². The summed E-state index contributed by atoms with van der Waals surface area (Å²) in [6, 6.07) is 5.19. The molecule has 1 aromatic rings. The van der Waals surface area contributed by atoms with Crippen molar-refractivity contribution in [1.29, 1.82) is 0 Å². The molecule has 94 valence electrons. The predicted octanol–water partition coefficient (Wildman–Crippen LogP) is 3.53. The molecular weight excluding hydrogens is 309 g/mol. The number of carboxylic acid groups (broad SMARTS) is 1. The molecule has 2 N–H and O–H groups in total. The van der Waals surface area contributed by atoms with Crippen molar-refractivity contribution in [3.05, 3.63) is 27.7 Å².